The highest BCUT2D eigenvalue weighted by Gasteiger charge is 2.12. The third kappa shape index (κ3) is 2.25. The van der Waals surface area contributed by atoms with Crippen LogP contribution in [0.2, 0.25) is 0 Å². The summed E-state index contributed by atoms with van der Waals surface area (Å²) in [4.78, 5) is 3.33. The van der Waals surface area contributed by atoms with Crippen molar-refractivity contribution in [1.29, 1.82) is 0 Å². The van der Waals surface area contributed by atoms with Gasteiger partial charge in [-0.1, -0.05) is 11.6 Å². The number of aryl methyl sites for hydroxylation is 1. The number of phenolic OH excluding ortho intramolecular Hbond substituents is 2. The van der Waals surface area contributed by atoms with E-state index in [1.54, 1.807) is 12.1 Å². The number of allylic oxidation sites excluding steroid dienone is 2. The topological polar surface area (TPSA) is 56.2 Å². The van der Waals surface area contributed by atoms with E-state index in [0.717, 1.165) is 32.9 Å². The molecule has 0 aliphatic rings. The van der Waals surface area contributed by atoms with E-state index >= 15 is 0 Å². The van der Waals surface area contributed by atoms with Gasteiger partial charge >= 0.3 is 0 Å². The summed E-state index contributed by atoms with van der Waals surface area (Å²) in [5.41, 5.74) is 4.78. The largest absolute Gasteiger partial charge is 0.508 e. The van der Waals surface area contributed by atoms with Crippen molar-refractivity contribution in [2.75, 3.05) is 0 Å². The van der Waals surface area contributed by atoms with Crippen molar-refractivity contribution in [3.63, 3.8) is 0 Å². The molecule has 0 amide bonds. The molecule has 1 aromatic heterocycles. The van der Waals surface area contributed by atoms with Crippen molar-refractivity contribution in [1.82, 2.24) is 4.98 Å². The molecular formula is C18H19NO2. The van der Waals surface area contributed by atoms with Crippen LogP contribution in [-0.4, -0.2) is 15.2 Å². The lowest BCUT2D eigenvalue weighted by atomic mass is 10.0. The van der Waals surface area contributed by atoms with Gasteiger partial charge in [-0.15, -0.1) is 0 Å². The monoisotopic (exact) mass is 281 g/mol. The molecule has 0 fully saturated rings. The normalized spacial score (nSPS) is 11.2. The zero-order valence-corrected chi connectivity index (χ0v) is 12.5. The number of nitrogens with one attached hydrogen (secondary N) is 1. The molecule has 0 unspecified atom stereocenters. The van der Waals surface area contributed by atoms with Crippen molar-refractivity contribution in [2.24, 2.45) is 0 Å². The number of benzene rings is 2. The summed E-state index contributed by atoms with van der Waals surface area (Å²) in [6.45, 7) is 5.98. The van der Waals surface area contributed by atoms with Gasteiger partial charge < -0.3 is 15.2 Å². The van der Waals surface area contributed by atoms with Gasteiger partial charge in [-0.3, -0.25) is 0 Å². The summed E-state index contributed by atoms with van der Waals surface area (Å²) in [6.07, 6.45) is 2.78. The molecule has 3 rings (SSSR count). The number of fused-ring (bicyclic) bond motifs is 3. The molecule has 3 heteroatoms. The van der Waals surface area contributed by atoms with Crippen LogP contribution in [0.3, 0.4) is 0 Å². The average Bonchev–Trinajstić information content (AvgIpc) is 2.75. The molecule has 0 atom stereocenters. The summed E-state index contributed by atoms with van der Waals surface area (Å²) in [5.74, 6) is 0.580. The van der Waals surface area contributed by atoms with Gasteiger partial charge in [0.05, 0.1) is 11.0 Å². The molecule has 0 aliphatic heterocycles. The average molecular weight is 281 g/mol. The first kappa shape index (κ1) is 13.6. The van der Waals surface area contributed by atoms with E-state index in [2.05, 4.69) is 11.1 Å². The lowest BCUT2D eigenvalue weighted by Gasteiger charge is -2.04. The highest BCUT2D eigenvalue weighted by atomic mass is 16.3. The van der Waals surface area contributed by atoms with E-state index in [4.69, 9.17) is 0 Å². The van der Waals surface area contributed by atoms with Gasteiger partial charge in [0, 0.05) is 22.4 Å². The number of phenols is 2. The van der Waals surface area contributed by atoms with E-state index in [1.165, 1.54) is 5.57 Å². The third-order valence-corrected chi connectivity index (χ3v) is 3.89. The fraction of sp³-hybridized carbons (Fsp3) is 0.222. The first-order valence-corrected chi connectivity index (χ1v) is 7.06. The van der Waals surface area contributed by atoms with Gasteiger partial charge in [-0.2, -0.15) is 0 Å². The maximum Gasteiger partial charge on any atom is 0.121 e. The Morgan fingerprint density at radius 3 is 2.57 bits per heavy atom. The van der Waals surface area contributed by atoms with Gasteiger partial charge in [-0.25, -0.2) is 0 Å². The summed E-state index contributed by atoms with van der Waals surface area (Å²) in [7, 11) is 0. The minimum Gasteiger partial charge on any atom is -0.508 e. The Labute approximate surface area is 123 Å². The number of aromatic amines is 1. The quantitative estimate of drug-likeness (QED) is 0.603. The number of aromatic nitrogens is 1. The molecule has 3 aromatic rings. The highest BCUT2D eigenvalue weighted by molar-refractivity contribution is 6.09. The maximum atomic E-state index is 10.2. The Kier molecular flexibility index (Phi) is 3.13. The zero-order valence-electron chi connectivity index (χ0n) is 12.5. The molecule has 0 spiro atoms. The highest BCUT2D eigenvalue weighted by Crippen LogP contribution is 2.35. The third-order valence-electron chi connectivity index (χ3n) is 3.89. The van der Waals surface area contributed by atoms with Crippen LogP contribution in [0.4, 0.5) is 0 Å². The van der Waals surface area contributed by atoms with E-state index in [1.807, 2.05) is 32.9 Å². The Balaban J connectivity index is 2.32. The van der Waals surface area contributed by atoms with Crippen LogP contribution < -0.4 is 0 Å². The SMILES string of the molecule is CC(C)=CCc1c(O)ccc2c1[nH]c1cc(O)c(C)cc12. The molecule has 1 heterocycles. The molecule has 0 saturated carbocycles. The Bertz CT molecular complexity index is 868. The Hall–Kier alpha value is -2.42. The van der Waals surface area contributed by atoms with Crippen LogP contribution in [0.1, 0.15) is 25.0 Å². The van der Waals surface area contributed by atoms with E-state index in [-0.39, 0.29) is 5.75 Å². The molecule has 3 nitrogen and oxygen atoms in total. The second-order valence-electron chi connectivity index (χ2n) is 5.78. The number of hydrogen-bond donors (Lipinski definition) is 3. The fourth-order valence-electron chi connectivity index (χ4n) is 2.67. The number of hydrogen-bond acceptors (Lipinski definition) is 2. The van der Waals surface area contributed by atoms with Gasteiger partial charge in [0.15, 0.2) is 0 Å². The lowest BCUT2D eigenvalue weighted by molar-refractivity contribution is 0.470. The lowest BCUT2D eigenvalue weighted by Crippen LogP contribution is -1.86. The van der Waals surface area contributed by atoms with Crippen LogP contribution in [0, 0.1) is 6.92 Å². The summed E-state index contributed by atoms with van der Waals surface area (Å²) < 4.78 is 0. The van der Waals surface area contributed by atoms with Crippen LogP contribution in [-0.2, 0) is 6.42 Å². The molecule has 0 saturated heterocycles. The van der Waals surface area contributed by atoms with Gasteiger partial charge in [0.1, 0.15) is 11.5 Å². The molecule has 21 heavy (non-hydrogen) atoms. The van der Waals surface area contributed by atoms with Crippen molar-refractivity contribution in [3.05, 3.63) is 47.0 Å². The number of aromatic hydroxyl groups is 2. The van der Waals surface area contributed by atoms with Crippen LogP contribution in [0.25, 0.3) is 21.8 Å². The predicted octanol–water partition coefficient (Wildman–Crippen LogP) is 4.55. The van der Waals surface area contributed by atoms with E-state index in [9.17, 15) is 10.2 Å². The van der Waals surface area contributed by atoms with Crippen molar-refractivity contribution in [3.8, 4) is 11.5 Å². The fourth-order valence-corrected chi connectivity index (χ4v) is 2.67. The van der Waals surface area contributed by atoms with Crippen LogP contribution >= 0.6 is 0 Å². The second-order valence-corrected chi connectivity index (χ2v) is 5.78. The zero-order chi connectivity index (χ0) is 15.1. The first-order chi connectivity index (χ1) is 9.97. The molecule has 3 N–H and O–H groups in total. The maximum absolute atomic E-state index is 10.2. The first-order valence-electron chi connectivity index (χ1n) is 7.06. The predicted molar refractivity (Wildman–Crippen MR) is 87.0 cm³/mol. The van der Waals surface area contributed by atoms with Crippen LogP contribution in [0.5, 0.6) is 11.5 Å². The molecule has 108 valence electrons. The number of H-pyrrole nitrogens is 1. The Morgan fingerprint density at radius 1 is 1.10 bits per heavy atom. The van der Waals surface area contributed by atoms with Crippen molar-refractivity contribution >= 4 is 21.8 Å². The number of rotatable bonds is 2. The molecule has 0 aliphatic carbocycles. The molecule has 0 bridgehead atoms. The molecule has 2 aromatic carbocycles. The van der Waals surface area contributed by atoms with Gasteiger partial charge in [-0.05, 0) is 51.0 Å². The van der Waals surface area contributed by atoms with Crippen molar-refractivity contribution in [2.45, 2.75) is 27.2 Å². The summed E-state index contributed by atoms with van der Waals surface area (Å²) >= 11 is 0. The van der Waals surface area contributed by atoms with E-state index < -0.39 is 0 Å². The standard InChI is InChI=1S/C18H19NO2/c1-10(2)4-5-13-16(20)7-6-12-14-8-11(3)17(21)9-15(14)19-18(12)13/h4,6-9,19-21H,5H2,1-3H3. The minimum atomic E-state index is 0.282. The summed E-state index contributed by atoms with van der Waals surface area (Å²) in [5, 5.41) is 22.2. The minimum absolute atomic E-state index is 0.282. The Morgan fingerprint density at radius 2 is 1.86 bits per heavy atom. The smallest absolute Gasteiger partial charge is 0.121 e. The van der Waals surface area contributed by atoms with Gasteiger partial charge in [0.25, 0.3) is 0 Å². The van der Waals surface area contributed by atoms with E-state index in [0.29, 0.717) is 12.2 Å². The molecular weight excluding hydrogens is 262 g/mol. The van der Waals surface area contributed by atoms with Crippen molar-refractivity contribution < 1.29 is 10.2 Å². The second kappa shape index (κ2) is 4.85. The van der Waals surface area contributed by atoms with Gasteiger partial charge in [0.2, 0.25) is 0 Å². The molecule has 0 radical (unpaired) electrons. The van der Waals surface area contributed by atoms with Crippen LogP contribution in [0.15, 0.2) is 35.9 Å². The summed E-state index contributed by atoms with van der Waals surface area (Å²) in [6, 6.07) is 7.38.